The lowest BCUT2D eigenvalue weighted by atomic mass is 10.0. The summed E-state index contributed by atoms with van der Waals surface area (Å²) in [6, 6.07) is 0. The summed E-state index contributed by atoms with van der Waals surface area (Å²) in [6.45, 7) is 12.2. The highest BCUT2D eigenvalue weighted by Gasteiger charge is 1.95. The van der Waals surface area contributed by atoms with Gasteiger partial charge in [-0.2, -0.15) is 0 Å². The van der Waals surface area contributed by atoms with E-state index in [2.05, 4.69) is 27.0 Å². The van der Waals surface area contributed by atoms with Crippen LogP contribution in [0, 0.1) is 0 Å². The van der Waals surface area contributed by atoms with Gasteiger partial charge < -0.3 is 0 Å². The van der Waals surface area contributed by atoms with Crippen LogP contribution in [0.15, 0.2) is 24.3 Å². The van der Waals surface area contributed by atoms with Gasteiger partial charge in [0.25, 0.3) is 0 Å². The maximum absolute atomic E-state index is 3.96. The monoisotopic (exact) mass is 306 g/mol. The highest BCUT2D eigenvalue weighted by atomic mass is 14.0. The molecule has 130 valence electrons. The summed E-state index contributed by atoms with van der Waals surface area (Å²) < 4.78 is 0. The SMILES string of the molecule is C=C(C)CCCCCCCCCCCCCCCCC(=C)C. The summed E-state index contributed by atoms with van der Waals surface area (Å²) >= 11 is 0. The molecule has 0 aromatic rings. The van der Waals surface area contributed by atoms with Gasteiger partial charge >= 0.3 is 0 Å². The molecule has 0 nitrogen and oxygen atoms in total. The lowest BCUT2D eigenvalue weighted by Gasteiger charge is -2.04. The summed E-state index contributed by atoms with van der Waals surface area (Å²) in [7, 11) is 0. The van der Waals surface area contributed by atoms with E-state index in [0.29, 0.717) is 0 Å². The van der Waals surface area contributed by atoms with Crippen molar-refractivity contribution in [3.8, 4) is 0 Å². The van der Waals surface area contributed by atoms with E-state index in [1.807, 2.05) is 0 Å². The van der Waals surface area contributed by atoms with Crippen LogP contribution in [0.2, 0.25) is 0 Å². The van der Waals surface area contributed by atoms with Gasteiger partial charge in [0, 0.05) is 0 Å². The zero-order chi connectivity index (χ0) is 16.5. The van der Waals surface area contributed by atoms with Crippen LogP contribution in [0.1, 0.15) is 117 Å². The maximum Gasteiger partial charge on any atom is -0.0326 e. The third-order valence-electron chi connectivity index (χ3n) is 4.46. The van der Waals surface area contributed by atoms with Crippen molar-refractivity contribution in [3.05, 3.63) is 24.3 Å². The molecule has 0 fully saturated rings. The third-order valence-corrected chi connectivity index (χ3v) is 4.46. The Bertz CT molecular complexity index is 233. The van der Waals surface area contributed by atoms with E-state index in [1.165, 1.54) is 114 Å². The molecule has 0 heterocycles. The second-order valence-electron chi connectivity index (χ2n) is 7.36. The van der Waals surface area contributed by atoms with Gasteiger partial charge in [0.15, 0.2) is 0 Å². The minimum atomic E-state index is 1.23. The van der Waals surface area contributed by atoms with Gasteiger partial charge in [-0.25, -0.2) is 0 Å². The molecular weight excluding hydrogens is 264 g/mol. The Morgan fingerprint density at radius 1 is 0.409 bits per heavy atom. The summed E-state index contributed by atoms with van der Waals surface area (Å²) in [5, 5.41) is 0. The molecule has 0 spiro atoms. The quantitative estimate of drug-likeness (QED) is 0.187. The molecule has 0 aliphatic carbocycles. The molecule has 0 aliphatic rings. The van der Waals surface area contributed by atoms with E-state index < -0.39 is 0 Å². The standard InChI is InChI=1S/C22H42/c1-21(2)19-17-15-13-11-9-7-5-6-8-10-12-14-16-18-20-22(3)4/h1,3,5-20H2,2,4H3. The molecule has 0 aliphatic heterocycles. The molecule has 0 rings (SSSR count). The number of hydrogen-bond acceptors (Lipinski definition) is 0. The van der Waals surface area contributed by atoms with Gasteiger partial charge in [0.05, 0.1) is 0 Å². The largest absolute Gasteiger partial charge is 0.100 e. The van der Waals surface area contributed by atoms with Crippen molar-refractivity contribution in [2.75, 3.05) is 0 Å². The molecule has 0 N–H and O–H groups in total. The van der Waals surface area contributed by atoms with E-state index in [0.717, 1.165) is 0 Å². The minimum absolute atomic E-state index is 1.23. The molecular formula is C22H42. The van der Waals surface area contributed by atoms with Crippen LogP contribution in [0.25, 0.3) is 0 Å². The highest BCUT2D eigenvalue weighted by molar-refractivity contribution is 4.87. The Labute approximate surface area is 141 Å². The van der Waals surface area contributed by atoms with Crippen molar-refractivity contribution in [1.29, 1.82) is 0 Å². The topological polar surface area (TPSA) is 0 Å². The van der Waals surface area contributed by atoms with Crippen molar-refractivity contribution in [2.24, 2.45) is 0 Å². The number of allylic oxidation sites excluding steroid dienone is 2. The molecule has 0 heteroatoms. The molecule has 0 radical (unpaired) electrons. The van der Waals surface area contributed by atoms with Crippen LogP contribution >= 0.6 is 0 Å². The first kappa shape index (κ1) is 21.5. The van der Waals surface area contributed by atoms with Crippen LogP contribution in [-0.4, -0.2) is 0 Å². The fraction of sp³-hybridized carbons (Fsp3) is 0.818. The Morgan fingerprint density at radius 2 is 0.591 bits per heavy atom. The van der Waals surface area contributed by atoms with Crippen LogP contribution in [-0.2, 0) is 0 Å². The van der Waals surface area contributed by atoms with E-state index in [-0.39, 0.29) is 0 Å². The van der Waals surface area contributed by atoms with Gasteiger partial charge in [0.2, 0.25) is 0 Å². The molecule has 0 bridgehead atoms. The lowest BCUT2D eigenvalue weighted by molar-refractivity contribution is 0.533. The van der Waals surface area contributed by atoms with Gasteiger partial charge in [-0.3, -0.25) is 0 Å². The van der Waals surface area contributed by atoms with Crippen molar-refractivity contribution < 1.29 is 0 Å². The summed E-state index contributed by atoms with van der Waals surface area (Å²) in [6.07, 6.45) is 22.4. The molecule has 0 amide bonds. The number of hydrogen-bond donors (Lipinski definition) is 0. The Balaban J connectivity index is 2.99. The fourth-order valence-electron chi connectivity index (χ4n) is 2.97. The molecule has 0 aromatic carbocycles. The molecule has 0 atom stereocenters. The zero-order valence-electron chi connectivity index (χ0n) is 15.7. The third kappa shape index (κ3) is 19.5. The van der Waals surface area contributed by atoms with Gasteiger partial charge in [-0.15, -0.1) is 13.2 Å². The van der Waals surface area contributed by atoms with Gasteiger partial charge in [-0.1, -0.05) is 88.2 Å². The van der Waals surface area contributed by atoms with Crippen LogP contribution in [0.4, 0.5) is 0 Å². The first-order chi connectivity index (χ1) is 10.6. The smallest absolute Gasteiger partial charge is 0.0326 e. The molecule has 0 aromatic heterocycles. The van der Waals surface area contributed by atoms with Crippen LogP contribution in [0.3, 0.4) is 0 Å². The van der Waals surface area contributed by atoms with Gasteiger partial charge in [0.1, 0.15) is 0 Å². The van der Waals surface area contributed by atoms with E-state index >= 15 is 0 Å². The van der Waals surface area contributed by atoms with E-state index in [1.54, 1.807) is 0 Å². The summed E-state index contributed by atoms with van der Waals surface area (Å²) in [5.74, 6) is 0. The fourth-order valence-corrected chi connectivity index (χ4v) is 2.97. The maximum atomic E-state index is 3.96. The Kier molecular flexibility index (Phi) is 16.4. The molecule has 0 saturated heterocycles. The van der Waals surface area contributed by atoms with Crippen molar-refractivity contribution in [2.45, 2.75) is 117 Å². The second-order valence-corrected chi connectivity index (χ2v) is 7.36. The molecule has 22 heavy (non-hydrogen) atoms. The van der Waals surface area contributed by atoms with Crippen LogP contribution < -0.4 is 0 Å². The van der Waals surface area contributed by atoms with Crippen molar-refractivity contribution in [1.82, 2.24) is 0 Å². The minimum Gasteiger partial charge on any atom is -0.100 e. The predicted octanol–water partition coefficient (Wildman–Crippen LogP) is 8.38. The molecule has 0 unspecified atom stereocenters. The molecule has 0 saturated carbocycles. The Hall–Kier alpha value is -0.520. The average molecular weight is 307 g/mol. The predicted molar refractivity (Wildman–Crippen MR) is 104 cm³/mol. The summed E-state index contributed by atoms with van der Waals surface area (Å²) in [4.78, 5) is 0. The summed E-state index contributed by atoms with van der Waals surface area (Å²) in [5.41, 5.74) is 2.69. The normalized spacial score (nSPS) is 10.8. The first-order valence-electron chi connectivity index (χ1n) is 9.91. The second kappa shape index (κ2) is 16.8. The van der Waals surface area contributed by atoms with Crippen LogP contribution in [0.5, 0.6) is 0 Å². The Morgan fingerprint density at radius 3 is 0.773 bits per heavy atom. The lowest BCUT2D eigenvalue weighted by Crippen LogP contribution is -1.84. The number of unbranched alkanes of at least 4 members (excludes halogenated alkanes) is 13. The number of rotatable bonds is 17. The van der Waals surface area contributed by atoms with E-state index in [4.69, 9.17) is 0 Å². The van der Waals surface area contributed by atoms with Gasteiger partial charge in [-0.05, 0) is 39.5 Å². The zero-order valence-corrected chi connectivity index (χ0v) is 15.7. The highest BCUT2D eigenvalue weighted by Crippen LogP contribution is 2.14. The first-order valence-corrected chi connectivity index (χ1v) is 9.91. The van der Waals surface area contributed by atoms with Crippen molar-refractivity contribution >= 4 is 0 Å². The van der Waals surface area contributed by atoms with Crippen molar-refractivity contribution in [3.63, 3.8) is 0 Å². The average Bonchev–Trinajstić information content (AvgIpc) is 2.46. The van der Waals surface area contributed by atoms with E-state index in [9.17, 15) is 0 Å².